The Hall–Kier alpha value is -1.72. The minimum absolute atomic E-state index is 0.127. The van der Waals surface area contributed by atoms with Crippen LogP contribution in [0.4, 0.5) is 0 Å². The third kappa shape index (κ3) is 1.73. The molecule has 17 heavy (non-hydrogen) atoms. The molecule has 1 aliphatic rings. The quantitative estimate of drug-likeness (QED) is 0.692. The van der Waals surface area contributed by atoms with Crippen molar-refractivity contribution in [2.24, 2.45) is 0 Å². The van der Waals surface area contributed by atoms with Crippen LogP contribution < -0.4 is 0 Å². The van der Waals surface area contributed by atoms with Gasteiger partial charge < -0.3 is 0 Å². The first-order valence-corrected chi connectivity index (χ1v) is 6.58. The predicted octanol–water partition coefficient (Wildman–Crippen LogP) is 3.95. The summed E-state index contributed by atoms with van der Waals surface area (Å²) in [7, 11) is 0. The van der Waals surface area contributed by atoms with Gasteiger partial charge >= 0.3 is 0 Å². The number of nitriles is 1. The molecular weight excluding hydrogens is 226 g/mol. The topological polar surface area (TPSA) is 23.8 Å². The monoisotopic (exact) mass is 237 g/mol. The summed E-state index contributed by atoms with van der Waals surface area (Å²) in [6.45, 7) is 0. The average Bonchev–Trinajstić information content (AvgIpc) is 2.55. The van der Waals surface area contributed by atoms with Gasteiger partial charge in [0.25, 0.3) is 0 Å². The summed E-state index contributed by atoms with van der Waals surface area (Å²) in [5, 5.41) is 9.45. The maximum absolute atomic E-state index is 9.45. The first-order chi connectivity index (χ1) is 8.40. The van der Waals surface area contributed by atoms with Crippen LogP contribution in [0.2, 0.25) is 0 Å². The lowest BCUT2D eigenvalue weighted by Crippen LogP contribution is -2.00. The lowest BCUT2D eigenvalue weighted by atomic mass is 9.90. The van der Waals surface area contributed by atoms with E-state index in [1.165, 1.54) is 10.5 Å². The number of hydrogen-bond acceptors (Lipinski definition) is 2. The molecule has 1 aliphatic heterocycles. The molecule has 0 fully saturated rings. The van der Waals surface area contributed by atoms with E-state index in [1.54, 1.807) is 0 Å². The van der Waals surface area contributed by atoms with Gasteiger partial charge in [-0.2, -0.15) is 5.26 Å². The van der Waals surface area contributed by atoms with Crippen LogP contribution in [-0.4, -0.2) is 0 Å². The van der Waals surface area contributed by atoms with Crippen LogP contribution in [0.5, 0.6) is 0 Å². The van der Waals surface area contributed by atoms with E-state index < -0.39 is 0 Å². The molecule has 0 saturated heterocycles. The first kappa shape index (κ1) is 10.4. The van der Waals surface area contributed by atoms with Crippen LogP contribution in [0.15, 0.2) is 53.4 Å². The molecule has 2 aromatic rings. The Morgan fingerprint density at radius 2 is 1.71 bits per heavy atom. The highest BCUT2D eigenvalue weighted by molar-refractivity contribution is 7.98. The van der Waals surface area contributed by atoms with Gasteiger partial charge in [0.15, 0.2) is 0 Å². The highest BCUT2D eigenvalue weighted by atomic mass is 32.2. The Morgan fingerprint density at radius 3 is 2.53 bits per heavy atom. The van der Waals surface area contributed by atoms with Gasteiger partial charge in [0.1, 0.15) is 0 Å². The van der Waals surface area contributed by atoms with Gasteiger partial charge in [0, 0.05) is 10.6 Å². The summed E-state index contributed by atoms with van der Waals surface area (Å²) >= 11 is 1.82. The molecular formula is C15H11NS. The molecule has 2 heteroatoms. The summed E-state index contributed by atoms with van der Waals surface area (Å²) in [5.74, 6) is 0.822. The van der Waals surface area contributed by atoms with Crippen molar-refractivity contribution in [2.45, 2.75) is 16.6 Å². The molecule has 0 aromatic heterocycles. The molecule has 82 valence electrons. The number of hydrogen-bond donors (Lipinski definition) is 0. The maximum Gasteiger partial charge on any atom is 0.0976 e. The largest absolute Gasteiger partial charge is 0.197 e. The second-order valence-electron chi connectivity index (χ2n) is 4.09. The van der Waals surface area contributed by atoms with E-state index in [4.69, 9.17) is 0 Å². The Morgan fingerprint density at radius 1 is 1.00 bits per heavy atom. The predicted molar refractivity (Wildman–Crippen MR) is 69.9 cm³/mol. The van der Waals surface area contributed by atoms with Crippen molar-refractivity contribution in [1.29, 1.82) is 5.26 Å². The molecule has 0 bridgehead atoms. The maximum atomic E-state index is 9.45. The van der Waals surface area contributed by atoms with Crippen LogP contribution in [0.1, 0.15) is 22.6 Å². The molecule has 0 unspecified atom stereocenters. The van der Waals surface area contributed by atoms with Crippen LogP contribution >= 0.6 is 11.8 Å². The molecule has 2 aromatic carbocycles. The minimum atomic E-state index is -0.127. The lowest BCUT2D eigenvalue weighted by Gasteiger charge is -2.11. The van der Waals surface area contributed by atoms with Crippen molar-refractivity contribution in [3.05, 3.63) is 65.2 Å². The molecule has 0 N–H and O–H groups in total. The molecule has 0 spiro atoms. The van der Waals surface area contributed by atoms with Gasteiger partial charge in [-0.15, -0.1) is 11.8 Å². The molecule has 0 aliphatic carbocycles. The standard InChI is InChI=1S/C15H11NS/c16-9-14-12-6-2-1-5-11(12)10-17-15-8-4-3-7-13(14)15/h1-8,14H,10H2/t14-/m0/s1. The second kappa shape index (κ2) is 4.27. The zero-order valence-electron chi connectivity index (χ0n) is 9.26. The van der Waals surface area contributed by atoms with Gasteiger partial charge in [-0.3, -0.25) is 0 Å². The van der Waals surface area contributed by atoms with E-state index in [0.717, 1.165) is 16.9 Å². The average molecular weight is 237 g/mol. The summed E-state index contributed by atoms with van der Waals surface area (Å²) in [5.41, 5.74) is 3.58. The van der Waals surface area contributed by atoms with E-state index in [0.29, 0.717) is 0 Å². The van der Waals surface area contributed by atoms with Gasteiger partial charge in [-0.1, -0.05) is 42.5 Å². The van der Waals surface area contributed by atoms with E-state index in [1.807, 2.05) is 36.0 Å². The van der Waals surface area contributed by atoms with Gasteiger partial charge in [-0.25, -0.2) is 0 Å². The zero-order valence-corrected chi connectivity index (χ0v) is 10.1. The number of nitrogens with zero attached hydrogens (tertiary/aromatic N) is 1. The highest BCUT2D eigenvalue weighted by Crippen LogP contribution is 2.39. The Labute approximate surface area is 105 Å². The fourth-order valence-electron chi connectivity index (χ4n) is 2.26. The SMILES string of the molecule is N#C[C@H]1c2ccccc2CSc2ccccc21. The first-order valence-electron chi connectivity index (χ1n) is 5.59. The van der Waals surface area contributed by atoms with Crippen molar-refractivity contribution in [3.63, 3.8) is 0 Å². The Balaban J connectivity index is 2.23. The van der Waals surface area contributed by atoms with Gasteiger partial charge in [-0.05, 0) is 22.8 Å². The highest BCUT2D eigenvalue weighted by Gasteiger charge is 2.22. The van der Waals surface area contributed by atoms with Crippen LogP contribution in [0, 0.1) is 11.3 Å². The molecule has 1 nitrogen and oxygen atoms in total. The zero-order chi connectivity index (χ0) is 11.7. The fraction of sp³-hybridized carbons (Fsp3) is 0.133. The lowest BCUT2D eigenvalue weighted by molar-refractivity contribution is 0.993. The second-order valence-corrected chi connectivity index (χ2v) is 5.10. The van der Waals surface area contributed by atoms with Crippen LogP contribution in [0.25, 0.3) is 0 Å². The molecule has 1 heterocycles. The van der Waals surface area contributed by atoms with E-state index >= 15 is 0 Å². The van der Waals surface area contributed by atoms with Crippen LogP contribution in [0.3, 0.4) is 0 Å². The number of thioether (sulfide) groups is 1. The van der Waals surface area contributed by atoms with Gasteiger partial charge in [0.2, 0.25) is 0 Å². The minimum Gasteiger partial charge on any atom is -0.197 e. The Kier molecular flexibility index (Phi) is 2.62. The summed E-state index contributed by atoms with van der Waals surface area (Å²) in [6, 6.07) is 18.9. The normalized spacial score (nSPS) is 17.5. The fourth-order valence-corrected chi connectivity index (χ4v) is 3.36. The molecule has 0 saturated carbocycles. The van der Waals surface area contributed by atoms with E-state index in [9.17, 15) is 5.26 Å². The molecule has 0 amide bonds. The summed E-state index contributed by atoms with van der Waals surface area (Å²) in [6.07, 6.45) is 0. The number of rotatable bonds is 0. The van der Waals surface area contributed by atoms with Crippen molar-refractivity contribution < 1.29 is 0 Å². The summed E-state index contributed by atoms with van der Waals surface area (Å²) in [4.78, 5) is 1.23. The number of benzene rings is 2. The molecule has 3 rings (SSSR count). The van der Waals surface area contributed by atoms with Gasteiger partial charge in [0.05, 0.1) is 12.0 Å². The Bertz CT molecular complexity index is 550. The van der Waals surface area contributed by atoms with Crippen molar-refractivity contribution in [2.75, 3.05) is 0 Å². The third-order valence-electron chi connectivity index (χ3n) is 3.11. The third-order valence-corrected chi connectivity index (χ3v) is 4.25. The van der Waals surface area contributed by atoms with Crippen molar-refractivity contribution >= 4 is 11.8 Å². The summed E-state index contributed by atoms with van der Waals surface area (Å²) < 4.78 is 0. The van der Waals surface area contributed by atoms with Crippen molar-refractivity contribution in [1.82, 2.24) is 0 Å². The van der Waals surface area contributed by atoms with E-state index in [2.05, 4.69) is 30.3 Å². The molecule has 1 atom stereocenters. The smallest absolute Gasteiger partial charge is 0.0976 e. The van der Waals surface area contributed by atoms with Crippen molar-refractivity contribution in [3.8, 4) is 6.07 Å². The number of fused-ring (bicyclic) bond motifs is 2. The molecule has 0 radical (unpaired) electrons. The van der Waals surface area contributed by atoms with Crippen LogP contribution in [-0.2, 0) is 5.75 Å². The van der Waals surface area contributed by atoms with E-state index in [-0.39, 0.29) is 5.92 Å².